The number of aromatic amines is 1. The molecule has 0 spiro atoms. The number of rotatable bonds is 3. The number of β-lactam (4-membered cyclic amide) rings is 1. The van der Waals surface area contributed by atoms with Gasteiger partial charge in [0.25, 0.3) is 5.91 Å². The normalized spacial score (nSPS) is 22.2. The number of carbonyl (C=O) groups excluding carboxylic acids is 2. The van der Waals surface area contributed by atoms with Crippen LogP contribution < -0.4 is 34.7 Å². The maximum atomic E-state index is 12.1. The first-order valence-electron chi connectivity index (χ1n) is 5.81. The number of hydrogen-bond acceptors (Lipinski definition) is 6. The quantitative estimate of drug-likeness (QED) is 0.334. The molecule has 1 amide bonds. The summed E-state index contributed by atoms with van der Waals surface area (Å²) in [5.74, 6) is -1.83. The second kappa shape index (κ2) is 5.98. The second-order valence-electron chi connectivity index (χ2n) is 4.41. The zero-order chi connectivity index (χ0) is 14.4. The summed E-state index contributed by atoms with van der Waals surface area (Å²) < 4.78 is 0. The molecule has 0 aliphatic carbocycles. The molecule has 1 atom stereocenters. The van der Waals surface area contributed by atoms with E-state index in [2.05, 4.69) is 10.2 Å². The van der Waals surface area contributed by atoms with Gasteiger partial charge in [0.2, 0.25) is 0 Å². The van der Waals surface area contributed by atoms with Crippen LogP contribution in [0.2, 0.25) is 0 Å². The Hall–Kier alpha value is -1.06. The molecule has 3 rings (SSSR count). The van der Waals surface area contributed by atoms with Crippen LogP contribution >= 0.6 is 11.8 Å². The Morgan fingerprint density at radius 3 is 2.90 bits per heavy atom. The number of aryl methyl sites for hydroxylation is 1. The molecule has 1 aromatic rings. The first kappa shape index (κ1) is 16.3. The number of amides is 1. The van der Waals surface area contributed by atoms with Crippen LogP contribution in [-0.4, -0.2) is 44.1 Å². The van der Waals surface area contributed by atoms with E-state index in [0.717, 1.165) is 27.9 Å². The summed E-state index contributed by atoms with van der Waals surface area (Å²) in [6.07, 6.45) is 3.28. The number of aliphatic carboxylic acids is 1. The Labute approximate surface area is 146 Å². The molecule has 104 valence electrons. The van der Waals surface area contributed by atoms with Crippen LogP contribution in [0.15, 0.2) is 22.4 Å². The van der Waals surface area contributed by atoms with E-state index in [4.69, 9.17) is 0 Å². The van der Waals surface area contributed by atoms with Gasteiger partial charge in [0, 0.05) is 16.2 Å². The summed E-state index contributed by atoms with van der Waals surface area (Å²) in [7, 11) is 0. The molecule has 0 aromatic carbocycles. The third kappa shape index (κ3) is 2.47. The molecule has 1 unspecified atom stereocenters. The van der Waals surface area contributed by atoms with Gasteiger partial charge in [-0.1, -0.05) is 11.8 Å². The Morgan fingerprint density at radius 2 is 2.38 bits per heavy atom. The molecule has 0 saturated carbocycles. The van der Waals surface area contributed by atoms with Crippen LogP contribution in [0, 0.1) is 6.92 Å². The predicted octanol–water partition coefficient (Wildman–Crippen LogP) is -4.03. The summed E-state index contributed by atoms with van der Waals surface area (Å²) in [6.45, 7) is 1.40. The van der Waals surface area contributed by atoms with E-state index in [-0.39, 0.29) is 46.1 Å². The molecule has 3 heterocycles. The number of carboxylic acids is 1. The van der Waals surface area contributed by atoms with Crippen LogP contribution in [0.1, 0.15) is 11.3 Å². The Morgan fingerprint density at radius 1 is 1.67 bits per heavy atom. The number of nitrogens with zero attached hydrogens (tertiary/aromatic N) is 2. The zero-order valence-electron chi connectivity index (χ0n) is 11.4. The van der Waals surface area contributed by atoms with Gasteiger partial charge in [-0.15, -0.1) is 0 Å². The number of aromatic nitrogens is 2. The average Bonchev–Trinajstić information content (AvgIpc) is 2.97. The minimum absolute atomic E-state index is 0. The maximum absolute atomic E-state index is 12.1. The average molecular weight is 315 g/mol. The number of thioether (sulfide) groups is 1. The standard InChI is InChI=1S/C12H11N3O4S.Na/c1-5-6(3-13-14-5)2-7-10(17)15-9(12(18)19)8(4-16)20-11(7)15;/h2-3,11,16H,4H2,1H3,(H,13,14)(H,18,19);/q;+1/p-1/b7-2-;. The molecule has 21 heavy (non-hydrogen) atoms. The molecule has 0 bridgehead atoms. The number of H-pyrrole nitrogens is 1. The first-order chi connectivity index (χ1) is 9.54. The number of carboxylic acid groups (broad SMARTS) is 1. The number of aliphatic hydroxyl groups excluding tert-OH is 1. The van der Waals surface area contributed by atoms with Gasteiger partial charge in [0.1, 0.15) is 5.37 Å². The van der Waals surface area contributed by atoms with Crippen LogP contribution in [0.4, 0.5) is 0 Å². The predicted molar refractivity (Wildman–Crippen MR) is 68.6 cm³/mol. The molecule has 2 N–H and O–H groups in total. The van der Waals surface area contributed by atoms with Crippen molar-refractivity contribution >= 4 is 29.7 Å². The molecular formula is C12H10N3NaO4S. The van der Waals surface area contributed by atoms with Gasteiger partial charge in [0.15, 0.2) is 0 Å². The van der Waals surface area contributed by atoms with Crippen LogP contribution in [0.5, 0.6) is 0 Å². The minimum Gasteiger partial charge on any atom is -0.543 e. The first-order valence-corrected chi connectivity index (χ1v) is 6.69. The summed E-state index contributed by atoms with van der Waals surface area (Å²) in [4.78, 5) is 24.5. The molecule has 2 aliphatic heterocycles. The Bertz CT molecular complexity index is 682. The summed E-state index contributed by atoms with van der Waals surface area (Å²) in [6, 6.07) is 0. The van der Waals surface area contributed by atoms with Gasteiger partial charge in [0.05, 0.1) is 30.0 Å². The number of aliphatic hydroxyl groups is 1. The van der Waals surface area contributed by atoms with Crippen molar-refractivity contribution in [3.05, 3.63) is 33.6 Å². The SMILES string of the molecule is Cc1[nH]ncc1/C=C1/C(=O)N2C(C(=O)[O-])=C(CO)SC12.[Na+]. The summed E-state index contributed by atoms with van der Waals surface area (Å²) in [5.41, 5.74) is 1.86. The molecule has 1 fully saturated rings. The van der Waals surface area contributed by atoms with Crippen molar-refractivity contribution in [3.63, 3.8) is 0 Å². The Balaban J connectivity index is 0.00000161. The van der Waals surface area contributed by atoms with Crippen LogP contribution in [0.25, 0.3) is 6.08 Å². The zero-order valence-corrected chi connectivity index (χ0v) is 14.2. The minimum atomic E-state index is -1.45. The second-order valence-corrected chi connectivity index (χ2v) is 5.59. The largest absolute Gasteiger partial charge is 1.00 e. The van der Waals surface area contributed by atoms with Crippen molar-refractivity contribution in [2.75, 3.05) is 6.61 Å². The fourth-order valence-corrected chi connectivity index (χ4v) is 3.45. The van der Waals surface area contributed by atoms with E-state index in [1.807, 2.05) is 6.92 Å². The fourth-order valence-electron chi connectivity index (χ4n) is 2.21. The van der Waals surface area contributed by atoms with Crippen molar-refractivity contribution in [2.24, 2.45) is 0 Å². The van der Waals surface area contributed by atoms with Crippen LogP contribution in [0.3, 0.4) is 0 Å². The molecule has 9 heteroatoms. The van der Waals surface area contributed by atoms with E-state index in [9.17, 15) is 19.8 Å². The molecule has 0 radical (unpaired) electrons. The van der Waals surface area contributed by atoms with Crippen molar-refractivity contribution in [1.29, 1.82) is 0 Å². The maximum Gasteiger partial charge on any atom is 1.00 e. The molecule has 1 aromatic heterocycles. The van der Waals surface area contributed by atoms with Gasteiger partial charge in [-0.25, -0.2) is 0 Å². The van der Waals surface area contributed by atoms with Gasteiger partial charge in [-0.3, -0.25) is 14.8 Å². The molecular weight excluding hydrogens is 305 g/mol. The van der Waals surface area contributed by atoms with E-state index < -0.39 is 18.0 Å². The Kier molecular flexibility index (Phi) is 4.64. The molecule has 2 aliphatic rings. The number of carbonyl (C=O) groups is 2. The number of hydrogen-bond donors (Lipinski definition) is 2. The van der Waals surface area contributed by atoms with E-state index >= 15 is 0 Å². The third-order valence-electron chi connectivity index (χ3n) is 3.24. The van der Waals surface area contributed by atoms with Crippen molar-refractivity contribution in [3.8, 4) is 0 Å². The fraction of sp³-hybridized carbons (Fsp3) is 0.250. The summed E-state index contributed by atoms with van der Waals surface area (Å²) >= 11 is 1.15. The van der Waals surface area contributed by atoms with E-state index in [1.54, 1.807) is 12.3 Å². The monoisotopic (exact) mass is 315 g/mol. The number of nitrogens with one attached hydrogen (secondary N) is 1. The topological polar surface area (TPSA) is 109 Å². The van der Waals surface area contributed by atoms with Gasteiger partial charge < -0.3 is 15.0 Å². The summed E-state index contributed by atoms with van der Waals surface area (Å²) in [5, 5.41) is 26.5. The van der Waals surface area contributed by atoms with E-state index in [1.165, 1.54) is 0 Å². The van der Waals surface area contributed by atoms with Crippen LogP contribution in [-0.2, 0) is 9.59 Å². The number of fused-ring (bicyclic) bond motifs is 1. The van der Waals surface area contributed by atoms with E-state index in [0.29, 0.717) is 5.57 Å². The van der Waals surface area contributed by atoms with Gasteiger partial charge in [-0.2, -0.15) is 5.10 Å². The smallest absolute Gasteiger partial charge is 0.543 e. The van der Waals surface area contributed by atoms with Crippen molar-refractivity contribution < 1.29 is 49.4 Å². The third-order valence-corrected chi connectivity index (χ3v) is 4.54. The van der Waals surface area contributed by atoms with Crippen molar-refractivity contribution in [1.82, 2.24) is 15.1 Å². The molecule has 1 saturated heterocycles. The van der Waals surface area contributed by atoms with Gasteiger partial charge in [-0.05, 0) is 13.0 Å². The molecule has 7 nitrogen and oxygen atoms in total. The van der Waals surface area contributed by atoms with Gasteiger partial charge >= 0.3 is 29.6 Å². The van der Waals surface area contributed by atoms with Crippen molar-refractivity contribution in [2.45, 2.75) is 12.3 Å².